The maximum absolute atomic E-state index is 10.1. The summed E-state index contributed by atoms with van der Waals surface area (Å²) in [6, 6.07) is 11.3. The van der Waals surface area contributed by atoms with Crippen molar-refractivity contribution in [2.45, 2.75) is 13.0 Å². The van der Waals surface area contributed by atoms with Crippen LogP contribution in [0.1, 0.15) is 5.56 Å². The number of hydrogen-bond acceptors (Lipinski definition) is 6. The molecule has 0 fully saturated rings. The summed E-state index contributed by atoms with van der Waals surface area (Å²) in [7, 11) is 1.61. The van der Waals surface area contributed by atoms with Crippen molar-refractivity contribution in [2.75, 3.05) is 33.4 Å². The van der Waals surface area contributed by atoms with Gasteiger partial charge in [-0.05, 0) is 30.7 Å². The zero-order valence-corrected chi connectivity index (χ0v) is 15.6. The molecule has 7 nitrogen and oxygen atoms in total. The number of rotatable bonds is 10. The second-order valence-corrected chi connectivity index (χ2v) is 6.18. The first-order valence-electron chi connectivity index (χ1n) is 8.89. The predicted octanol–water partition coefficient (Wildman–Crippen LogP) is 2.29. The summed E-state index contributed by atoms with van der Waals surface area (Å²) in [6.45, 7) is 3.68. The van der Waals surface area contributed by atoms with Crippen LogP contribution in [0.4, 0.5) is 0 Å². The molecule has 0 spiro atoms. The Bertz CT molecular complexity index is 865. The van der Waals surface area contributed by atoms with E-state index < -0.39 is 6.10 Å². The van der Waals surface area contributed by atoms with Gasteiger partial charge in [-0.1, -0.05) is 18.2 Å². The van der Waals surface area contributed by atoms with Crippen molar-refractivity contribution in [3.63, 3.8) is 0 Å². The van der Waals surface area contributed by atoms with Crippen LogP contribution in [0.25, 0.3) is 11.0 Å². The van der Waals surface area contributed by atoms with Gasteiger partial charge in [0.1, 0.15) is 30.6 Å². The minimum Gasteiger partial charge on any atom is -0.493 e. The molecule has 144 valence electrons. The third-order valence-electron chi connectivity index (χ3n) is 4.16. The summed E-state index contributed by atoms with van der Waals surface area (Å²) in [5, 5.41) is 13.3. The quantitative estimate of drug-likeness (QED) is 0.474. The normalized spacial score (nSPS) is 12.1. The fourth-order valence-electron chi connectivity index (χ4n) is 2.75. The van der Waals surface area contributed by atoms with Crippen LogP contribution < -0.4 is 19.5 Å². The average Bonchev–Trinajstić information content (AvgIpc) is 3.18. The van der Waals surface area contributed by atoms with E-state index in [0.29, 0.717) is 36.9 Å². The molecule has 1 unspecified atom stereocenters. The lowest BCUT2D eigenvalue weighted by atomic mass is 10.2. The molecule has 0 bridgehead atoms. The molecule has 0 saturated carbocycles. The van der Waals surface area contributed by atoms with Crippen molar-refractivity contribution in [2.24, 2.45) is 0 Å². The number of ether oxygens (including phenoxy) is 3. The fourth-order valence-corrected chi connectivity index (χ4v) is 2.75. The zero-order valence-electron chi connectivity index (χ0n) is 15.6. The molecule has 0 aliphatic rings. The summed E-state index contributed by atoms with van der Waals surface area (Å²) in [5.74, 6) is 2.09. The van der Waals surface area contributed by atoms with E-state index >= 15 is 0 Å². The summed E-state index contributed by atoms with van der Waals surface area (Å²) in [6.07, 6.45) is 1.01. The molecular weight excluding hydrogens is 346 g/mol. The van der Waals surface area contributed by atoms with Crippen LogP contribution in [0, 0.1) is 6.92 Å². The molecule has 0 amide bonds. The summed E-state index contributed by atoms with van der Waals surface area (Å²) < 4.78 is 16.7. The van der Waals surface area contributed by atoms with Crippen molar-refractivity contribution >= 4 is 11.0 Å². The molecule has 0 aliphatic heterocycles. The lowest BCUT2D eigenvalue weighted by molar-refractivity contribution is 0.106. The largest absolute Gasteiger partial charge is 0.493 e. The number of aromatic nitrogens is 2. The summed E-state index contributed by atoms with van der Waals surface area (Å²) in [4.78, 5) is 7.36. The van der Waals surface area contributed by atoms with Gasteiger partial charge < -0.3 is 29.6 Å². The molecule has 0 aliphatic carbocycles. The highest BCUT2D eigenvalue weighted by molar-refractivity contribution is 5.84. The number of aliphatic hydroxyl groups is 1. The van der Waals surface area contributed by atoms with Gasteiger partial charge in [0.2, 0.25) is 0 Å². The topological polar surface area (TPSA) is 88.6 Å². The molecule has 0 saturated heterocycles. The number of aromatic amines is 1. The molecule has 1 heterocycles. The minimum absolute atomic E-state index is 0.192. The predicted molar refractivity (Wildman–Crippen MR) is 104 cm³/mol. The molecule has 3 rings (SSSR count). The van der Waals surface area contributed by atoms with Crippen LogP contribution in [-0.2, 0) is 0 Å². The van der Waals surface area contributed by atoms with E-state index in [1.807, 2.05) is 43.3 Å². The van der Waals surface area contributed by atoms with Crippen molar-refractivity contribution in [1.29, 1.82) is 0 Å². The smallest absolute Gasteiger partial charge is 0.161 e. The van der Waals surface area contributed by atoms with E-state index in [2.05, 4.69) is 15.3 Å². The van der Waals surface area contributed by atoms with E-state index in [0.717, 1.165) is 16.6 Å². The SMILES string of the molecule is COc1ccccc1OCCNCC(O)COc1ccc(C)c2nc[nH]c12. The van der Waals surface area contributed by atoms with Crippen molar-refractivity contribution in [3.8, 4) is 17.2 Å². The van der Waals surface area contributed by atoms with E-state index in [1.165, 1.54) is 0 Å². The number of nitrogens with zero attached hydrogens (tertiary/aromatic N) is 1. The number of para-hydroxylation sites is 2. The highest BCUT2D eigenvalue weighted by atomic mass is 16.5. The van der Waals surface area contributed by atoms with Crippen molar-refractivity contribution in [1.82, 2.24) is 15.3 Å². The Morgan fingerprint density at radius 3 is 2.74 bits per heavy atom. The van der Waals surface area contributed by atoms with Gasteiger partial charge in [0, 0.05) is 13.1 Å². The van der Waals surface area contributed by atoms with E-state index in [9.17, 15) is 5.11 Å². The molecular formula is C20H25N3O4. The van der Waals surface area contributed by atoms with E-state index in [1.54, 1.807) is 13.4 Å². The third-order valence-corrected chi connectivity index (χ3v) is 4.16. The molecule has 2 aromatic carbocycles. The van der Waals surface area contributed by atoms with Crippen LogP contribution in [0.5, 0.6) is 17.2 Å². The number of benzene rings is 2. The first-order chi connectivity index (χ1) is 13.2. The van der Waals surface area contributed by atoms with Gasteiger partial charge in [-0.25, -0.2) is 4.98 Å². The Hall–Kier alpha value is -2.77. The van der Waals surface area contributed by atoms with E-state index in [-0.39, 0.29) is 6.61 Å². The Morgan fingerprint density at radius 2 is 1.93 bits per heavy atom. The van der Waals surface area contributed by atoms with Crippen LogP contribution in [0.3, 0.4) is 0 Å². The van der Waals surface area contributed by atoms with Crippen LogP contribution in [0.2, 0.25) is 0 Å². The lowest BCUT2D eigenvalue weighted by Gasteiger charge is -2.15. The highest BCUT2D eigenvalue weighted by Crippen LogP contribution is 2.26. The van der Waals surface area contributed by atoms with Crippen molar-refractivity contribution in [3.05, 3.63) is 48.3 Å². The Morgan fingerprint density at radius 1 is 1.11 bits per heavy atom. The number of nitrogens with one attached hydrogen (secondary N) is 2. The van der Waals surface area contributed by atoms with Gasteiger partial charge in [0.05, 0.1) is 19.0 Å². The second kappa shape index (κ2) is 9.25. The number of aryl methyl sites for hydroxylation is 1. The average molecular weight is 371 g/mol. The zero-order chi connectivity index (χ0) is 19.1. The summed E-state index contributed by atoms with van der Waals surface area (Å²) in [5.41, 5.74) is 2.81. The van der Waals surface area contributed by atoms with Crippen LogP contribution in [0.15, 0.2) is 42.7 Å². The first kappa shape index (κ1) is 19.0. The van der Waals surface area contributed by atoms with Crippen molar-refractivity contribution < 1.29 is 19.3 Å². The molecule has 1 atom stereocenters. The standard InChI is InChI=1S/C20H25N3O4/c1-14-7-8-18(20-19(14)22-13-23-20)27-12-15(24)11-21-9-10-26-17-6-4-3-5-16(17)25-2/h3-8,13,15,21,24H,9-12H2,1-2H3,(H,22,23). The van der Waals surface area contributed by atoms with Gasteiger partial charge in [-0.2, -0.15) is 0 Å². The second-order valence-electron chi connectivity index (χ2n) is 6.18. The molecule has 27 heavy (non-hydrogen) atoms. The van der Waals surface area contributed by atoms with Gasteiger partial charge in [0.25, 0.3) is 0 Å². The Balaban J connectivity index is 1.38. The number of hydrogen-bond donors (Lipinski definition) is 3. The highest BCUT2D eigenvalue weighted by Gasteiger charge is 2.10. The van der Waals surface area contributed by atoms with Gasteiger partial charge in [-0.3, -0.25) is 0 Å². The molecule has 7 heteroatoms. The lowest BCUT2D eigenvalue weighted by Crippen LogP contribution is -2.33. The number of fused-ring (bicyclic) bond motifs is 1. The van der Waals surface area contributed by atoms with Gasteiger partial charge in [-0.15, -0.1) is 0 Å². The summed E-state index contributed by atoms with van der Waals surface area (Å²) >= 11 is 0. The van der Waals surface area contributed by atoms with Crippen LogP contribution >= 0.6 is 0 Å². The monoisotopic (exact) mass is 371 g/mol. The van der Waals surface area contributed by atoms with Crippen LogP contribution in [-0.4, -0.2) is 54.6 Å². The van der Waals surface area contributed by atoms with E-state index in [4.69, 9.17) is 14.2 Å². The van der Waals surface area contributed by atoms with Gasteiger partial charge in [0.15, 0.2) is 11.5 Å². The van der Waals surface area contributed by atoms with Gasteiger partial charge >= 0.3 is 0 Å². The minimum atomic E-state index is -0.629. The number of imidazole rings is 1. The molecule has 3 aromatic rings. The Kier molecular flexibility index (Phi) is 6.51. The molecule has 0 radical (unpaired) electrons. The molecule has 3 N–H and O–H groups in total. The number of methoxy groups -OCH3 is 1. The first-order valence-corrected chi connectivity index (χ1v) is 8.89. The number of H-pyrrole nitrogens is 1. The number of aliphatic hydroxyl groups excluding tert-OH is 1. The molecule has 1 aromatic heterocycles. The third kappa shape index (κ3) is 4.90. The Labute approximate surface area is 158 Å². The fraction of sp³-hybridized carbons (Fsp3) is 0.350. The maximum atomic E-state index is 10.1. The maximum Gasteiger partial charge on any atom is 0.161 e.